The molecule has 0 aliphatic carbocycles. The number of aromatic nitrogens is 3. The van der Waals surface area contributed by atoms with Gasteiger partial charge in [0.15, 0.2) is 0 Å². The standard InChI is InChI=1S/C21H29FN6O3/c1-30-11-2-9-28-19(15-8-12-31-14-15)25-26-21(28)27-10-7-18(13-27)24-20(29)23-17-5-3-16(22)4-6-17/h3-6,15,18H,2,7-14H2,1H3,(H2,23,24,29)/t15-,18+/m0/s1. The maximum atomic E-state index is 13.0. The summed E-state index contributed by atoms with van der Waals surface area (Å²) in [5.41, 5.74) is 0.551. The van der Waals surface area contributed by atoms with Crippen molar-refractivity contribution in [1.29, 1.82) is 0 Å². The van der Waals surface area contributed by atoms with E-state index in [1.165, 1.54) is 24.3 Å². The number of hydrogen-bond donors (Lipinski definition) is 2. The Morgan fingerprint density at radius 3 is 2.87 bits per heavy atom. The number of nitrogens with zero attached hydrogens (tertiary/aromatic N) is 4. The van der Waals surface area contributed by atoms with E-state index in [4.69, 9.17) is 9.47 Å². The van der Waals surface area contributed by atoms with E-state index in [0.29, 0.717) is 25.4 Å². The summed E-state index contributed by atoms with van der Waals surface area (Å²) in [4.78, 5) is 14.5. The average molecular weight is 433 g/mol. The van der Waals surface area contributed by atoms with E-state index in [1.807, 2.05) is 0 Å². The number of hydrogen-bond acceptors (Lipinski definition) is 6. The van der Waals surface area contributed by atoms with Crippen LogP contribution in [0, 0.1) is 5.82 Å². The summed E-state index contributed by atoms with van der Waals surface area (Å²) >= 11 is 0. The Balaban J connectivity index is 1.38. The highest BCUT2D eigenvalue weighted by molar-refractivity contribution is 5.89. The molecule has 2 atom stereocenters. The topological polar surface area (TPSA) is 93.5 Å². The maximum absolute atomic E-state index is 13.0. The minimum absolute atomic E-state index is 0.0113. The van der Waals surface area contributed by atoms with Gasteiger partial charge in [-0.3, -0.25) is 4.57 Å². The van der Waals surface area contributed by atoms with Crippen LogP contribution in [0.5, 0.6) is 0 Å². The molecular weight excluding hydrogens is 403 g/mol. The smallest absolute Gasteiger partial charge is 0.319 e. The van der Waals surface area contributed by atoms with E-state index >= 15 is 0 Å². The minimum Gasteiger partial charge on any atom is -0.385 e. The monoisotopic (exact) mass is 432 g/mol. The molecule has 0 radical (unpaired) electrons. The molecule has 1 aromatic heterocycles. The van der Waals surface area contributed by atoms with Gasteiger partial charge in [0.25, 0.3) is 0 Å². The van der Waals surface area contributed by atoms with E-state index in [9.17, 15) is 9.18 Å². The Morgan fingerprint density at radius 1 is 1.29 bits per heavy atom. The van der Waals surface area contributed by atoms with Crippen LogP contribution in [0.3, 0.4) is 0 Å². The fourth-order valence-electron chi connectivity index (χ4n) is 4.11. The molecule has 0 spiro atoms. The normalized spacial score (nSPS) is 20.9. The number of ether oxygens (including phenoxy) is 2. The molecule has 2 aliphatic heterocycles. The van der Waals surface area contributed by atoms with Gasteiger partial charge >= 0.3 is 6.03 Å². The SMILES string of the molecule is COCCCn1c([C@H]2CCOC2)nnc1N1CC[C@@H](NC(=O)Nc2ccc(F)cc2)C1. The summed E-state index contributed by atoms with van der Waals surface area (Å²) < 4.78 is 26.0. The third-order valence-corrected chi connectivity index (χ3v) is 5.69. The molecule has 10 heteroatoms. The van der Waals surface area contributed by atoms with Crippen LogP contribution in [0.4, 0.5) is 20.8 Å². The molecule has 2 N–H and O–H groups in total. The van der Waals surface area contributed by atoms with Crippen LogP contribution in [-0.4, -0.2) is 66.9 Å². The Labute approximate surface area is 180 Å². The van der Waals surface area contributed by atoms with Crippen molar-refractivity contribution in [1.82, 2.24) is 20.1 Å². The van der Waals surface area contributed by atoms with E-state index in [0.717, 1.165) is 50.7 Å². The van der Waals surface area contributed by atoms with Crippen molar-refractivity contribution in [2.45, 2.75) is 37.8 Å². The number of carbonyl (C=O) groups is 1. The predicted molar refractivity (Wildman–Crippen MR) is 114 cm³/mol. The van der Waals surface area contributed by atoms with E-state index in [-0.39, 0.29) is 23.8 Å². The molecule has 2 amide bonds. The van der Waals surface area contributed by atoms with Gasteiger partial charge in [0, 0.05) is 57.6 Å². The lowest BCUT2D eigenvalue weighted by Gasteiger charge is -2.20. The van der Waals surface area contributed by atoms with E-state index < -0.39 is 0 Å². The zero-order valence-corrected chi connectivity index (χ0v) is 17.7. The lowest BCUT2D eigenvalue weighted by atomic mass is 10.1. The molecule has 0 bridgehead atoms. The first-order chi connectivity index (χ1) is 15.1. The number of amides is 2. The number of urea groups is 1. The van der Waals surface area contributed by atoms with Gasteiger partial charge < -0.3 is 25.0 Å². The first kappa shape index (κ1) is 21.5. The van der Waals surface area contributed by atoms with Crippen molar-refractivity contribution in [2.24, 2.45) is 0 Å². The highest BCUT2D eigenvalue weighted by atomic mass is 19.1. The highest BCUT2D eigenvalue weighted by Crippen LogP contribution is 2.28. The third-order valence-electron chi connectivity index (χ3n) is 5.69. The molecule has 2 aliphatic rings. The van der Waals surface area contributed by atoms with Crippen molar-refractivity contribution in [3.05, 3.63) is 35.9 Å². The van der Waals surface area contributed by atoms with Crippen LogP contribution in [-0.2, 0) is 16.0 Å². The number of nitrogens with one attached hydrogen (secondary N) is 2. The Kier molecular flexibility index (Phi) is 6.98. The predicted octanol–water partition coefficient (Wildman–Crippen LogP) is 2.36. The first-order valence-corrected chi connectivity index (χ1v) is 10.7. The molecule has 2 fully saturated rings. The van der Waals surface area contributed by atoms with Crippen molar-refractivity contribution in [3.8, 4) is 0 Å². The summed E-state index contributed by atoms with van der Waals surface area (Å²) in [6.45, 7) is 4.32. The quantitative estimate of drug-likeness (QED) is 0.622. The van der Waals surface area contributed by atoms with Crippen molar-refractivity contribution in [2.75, 3.05) is 50.2 Å². The summed E-state index contributed by atoms with van der Waals surface area (Å²) in [5, 5.41) is 14.7. The molecule has 168 valence electrons. The Morgan fingerprint density at radius 2 is 2.13 bits per heavy atom. The molecule has 2 saturated heterocycles. The Bertz CT molecular complexity index is 869. The number of carbonyl (C=O) groups excluding carboxylic acids is 1. The van der Waals surface area contributed by atoms with Gasteiger partial charge in [-0.1, -0.05) is 0 Å². The van der Waals surface area contributed by atoms with Crippen molar-refractivity contribution >= 4 is 17.7 Å². The average Bonchev–Trinajstić information content (AvgIpc) is 3.50. The molecule has 1 aromatic carbocycles. The van der Waals surface area contributed by atoms with Gasteiger partial charge in [0.1, 0.15) is 11.6 Å². The second kappa shape index (κ2) is 10.1. The van der Waals surface area contributed by atoms with Crippen LogP contribution in [0.15, 0.2) is 24.3 Å². The number of anilines is 2. The molecule has 0 saturated carbocycles. The fraction of sp³-hybridized carbons (Fsp3) is 0.571. The molecule has 0 unspecified atom stereocenters. The van der Waals surface area contributed by atoms with Gasteiger partial charge in [-0.15, -0.1) is 10.2 Å². The summed E-state index contributed by atoms with van der Waals surface area (Å²) in [6.07, 6.45) is 2.64. The van der Waals surface area contributed by atoms with Crippen LogP contribution in [0.2, 0.25) is 0 Å². The number of rotatable bonds is 8. The molecule has 2 aromatic rings. The number of halogens is 1. The molecular formula is C21H29FN6O3. The fourth-order valence-corrected chi connectivity index (χ4v) is 4.11. The van der Waals surface area contributed by atoms with E-state index in [2.05, 4.69) is 30.3 Å². The number of benzene rings is 1. The van der Waals surface area contributed by atoms with Crippen molar-refractivity contribution in [3.63, 3.8) is 0 Å². The van der Waals surface area contributed by atoms with Crippen LogP contribution >= 0.6 is 0 Å². The zero-order chi connectivity index (χ0) is 21.6. The lowest BCUT2D eigenvalue weighted by molar-refractivity contribution is 0.187. The second-order valence-corrected chi connectivity index (χ2v) is 7.95. The summed E-state index contributed by atoms with van der Waals surface area (Å²) in [7, 11) is 1.70. The number of methoxy groups -OCH3 is 1. The molecule has 9 nitrogen and oxygen atoms in total. The lowest BCUT2D eigenvalue weighted by Crippen LogP contribution is -2.40. The van der Waals surface area contributed by atoms with Crippen LogP contribution in [0.25, 0.3) is 0 Å². The summed E-state index contributed by atoms with van der Waals surface area (Å²) in [5.74, 6) is 1.73. The second-order valence-electron chi connectivity index (χ2n) is 7.95. The van der Waals surface area contributed by atoms with Gasteiger partial charge in [-0.05, 0) is 43.5 Å². The van der Waals surface area contributed by atoms with Gasteiger partial charge in [0.05, 0.1) is 6.61 Å². The zero-order valence-electron chi connectivity index (χ0n) is 17.7. The maximum Gasteiger partial charge on any atom is 0.319 e. The third kappa shape index (κ3) is 5.31. The van der Waals surface area contributed by atoms with Gasteiger partial charge in [-0.2, -0.15) is 0 Å². The largest absolute Gasteiger partial charge is 0.385 e. The van der Waals surface area contributed by atoms with Gasteiger partial charge in [0.2, 0.25) is 5.95 Å². The first-order valence-electron chi connectivity index (χ1n) is 10.7. The van der Waals surface area contributed by atoms with Crippen LogP contribution in [0.1, 0.15) is 31.0 Å². The van der Waals surface area contributed by atoms with Crippen molar-refractivity contribution < 1.29 is 18.7 Å². The van der Waals surface area contributed by atoms with Gasteiger partial charge in [-0.25, -0.2) is 9.18 Å². The Hall–Kier alpha value is -2.72. The highest BCUT2D eigenvalue weighted by Gasteiger charge is 2.31. The minimum atomic E-state index is -0.337. The molecule has 31 heavy (non-hydrogen) atoms. The summed E-state index contributed by atoms with van der Waals surface area (Å²) in [6, 6.07) is 5.39. The van der Waals surface area contributed by atoms with Crippen LogP contribution < -0.4 is 15.5 Å². The molecule has 3 heterocycles. The molecule has 4 rings (SSSR count). The van der Waals surface area contributed by atoms with E-state index in [1.54, 1.807) is 7.11 Å².